The van der Waals surface area contributed by atoms with E-state index in [1.807, 2.05) is 12.1 Å². The van der Waals surface area contributed by atoms with Crippen LogP contribution in [0.25, 0.3) is 0 Å². The third-order valence-electron chi connectivity index (χ3n) is 3.24. The van der Waals surface area contributed by atoms with Crippen molar-refractivity contribution in [2.75, 3.05) is 14.2 Å². The van der Waals surface area contributed by atoms with E-state index in [4.69, 9.17) is 4.74 Å². The lowest BCUT2D eigenvalue weighted by atomic mass is 10.1. The van der Waals surface area contributed by atoms with Crippen molar-refractivity contribution >= 4 is 0 Å². The van der Waals surface area contributed by atoms with Gasteiger partial charge >= 0.3 is 0 Å². The van der Waals surface area contributed by atoms with Gasteiger partial charge in [0, 0.05) is 12.6 Å². The first-order valence-corrected chi connectivity index (χ1v) is 6.18. The highest BCUT2D eigenvalue weighted by Gasteiger charge is 2.11. The average molecular weight is 237 g/mol. The fourth-order valence-electron chi connectivity index (χ4n) is 2.16. The normalized spacial score (nSPS) is 11.2. The van der Waals surface area contributed by atoms with E-state index in [1.165, 1.54) is 0 Å². The van der Waals surface area contributed by atoms with Gasteiger partial charge < -0.3 is 9.84 Å². The van der Waals surface area contributed by atoms with Gasteiger partial charge in [0.1, 0.15) is 0 Å². The van der Waals surface area contributed by atoms with E-state index in [0.29, 0.717) is 11.8 Å². The Labute approximate surface area is 104 Å². The second kappa shape index (κ2) is 6.50. The molecule has 0 aliphatic carbocycles. The Bertz CT molecular complexity index is 348. The van der Waals surface area contributed by atoms with Crippen molar-refractivity contribution in [1.82, 2.24) is 4.90 Å². The van der Waals surface area contributed by atoms with Crippen LogP contribution in [0.4, 0.5) is 0 Å². The van der Waals surface area contributed by atoms with Gasteiger partial charge in [0.15, 0.2) is 11.5 Å². The summed E-state index contributed by atoms with van der Waals surface area (Å²) in [6, 6.07) is 6.18. The van der Waals surface area contributed by atoms with Crippen LogP contribution in [0.15, 0.2) is 18.2 Å². The van der Waals surface area contributed by atoms with E-state index in [1.54, 1.807) is 13.2 Å². The van der Waals surface area contributed by atoms with Crippen molar-refractivity contribution in [3.63, 3.8) is 0 Å². The van der Waals surface area contributed by atoms with Gasteiger partial charge in [-0.2, -0.15) is 0 Å². The lowest BCUT2D eigenvalue weighted by molar-refractivity contribution is 0.221. The lowest BCUT2D eigenvalue weighted by Gasteiger charge is -2.26. The van der Waals surface area contributed by atoms with Crippen LogP contribution in [-0.4, -0.2) is 30.2 Å². The molecule has 1 rings (SSSR count). The quantitative estimate of drug-likeness (QED) is 0.825. The molecule has 3 heteroatoms. The summed E-state index contributed by atoms with van der Waals surface area (Å²) in [5, 5.41) is 9.71. The molecule has 1 aromatic carbocycles. The first-order chi connectivity index (χ1) is 8.12. The molecule has 0 saturated carbocycles. The molecule has 96 valence electrons. The molecule has 0 spiro atoms. The minimum atomic E-state index is 0.211. The number of nitrogens with zero attached hydrogens (tertiary/aromatic N) is 1. The van der Waals surface area contributed by atoms with Crippen molar-refractivity contribution in [3.8, 4) is 11.5 Å². The molecule has 0 unspecified atom stereocenters. The van der Waals surface area contributed by atoms with Crippen molar-refractivity contribution in [3.05, 3.63) is 23.8 Å². The standard InChI is InChI=1S/C14H23NO2/c1-5-12(6-2)15(3)10-11-7-8-14(17-4)13(16)9-11/h7-9,12,16H,5-6,10H2,1-4H3. The predicted octanol–water partition coefficient (Wildman–Crippen LogP) is 3.02. The van der Waals surface area contributed by atoms with Crippen molar-refractivity contribution in [2.24, 2.45) is 0 Å². The number of phenols is 1. The molecule has 0 aliphatic heterocycles. The number of hydrogen-bond donors (Lipinski definition) is 1. The molecule has 0 heterocycles. The summed E-state index contributed by atoms with van der Waals surface area (Å²) in [6.07, 6.45) is 2.30. The van der Waals surface area contributed by atoms with Crippen LogP contribution in [0.5, 0.6) is 11.5 Å². The number of aromatic hydroxyl groups is 1. The summed E-state index contributed by atoms with van der Waals surface area (Å²) in [4.78, 5) is 2.32. The van der Waals surface area contributed by atoms with Gasteiger partial charge in [0.25, 0.3) is 0 Å². The summed E-state index contributed by atoms with van der Waals surface area (Å²) >= 11 is 0. The third kappa shape index (κ3) is 3.63. The molecule has 0 bridgehead atoms. The highest BCUT2D eigenvalue weighted by molar-refractivity contribution is 5.41. The zero-order valence-corrected chi connectivity index (χ0v) is 11.2. The van der Waals surface area contributed by atoms with Gasteiger partial charge in [-0.25, -0.2) is 0 Å². The monoisotopic (exact) mass is 237 g/mol. The molecule has 1 N–H and O–H groups in total. The van der Waals surface area contributed by atoms with E-state index in [0.717, 1.165) is 24.9 Å². The molecule has 0 radical (unpaired) electrons. The van der Waals surface area contributed by atoms with Gasteiger partial charge in [0.05, 0.1) is 7.11 Å². The molecule has 0 atom stereocenters. The largest absolute Gasteiger partial charge is 0.504 e. The van der Waals surface area contributed by atoms with Gasteiger partial charge in [-0.15, -0.1) is 0 Å². The number of ether oxygens (including phenoxy) is 1. The zero-order chi connectivity index (χ0) is 12.8. The highest BCUT2D eigenvalue weighted by atomic mass is 16.5. The van der Waals surface area contributed by atoms with Gasteiger partial charge in [-0.3, -0.25) is 4.90 Å². The summed E-state index contributed by atoms with van der Waals surface area (Å²) in [7, 11) is 3.68. The van der Waals surface area contributed by atoms with Crippen LogP contribution in [0.2, 0.25) is 0 Å². The molecule has 17 heavy (non-hydrogen) atoms. The average Bonchev–Trinajstić information content (AvgIpc) is 2.31. The van der Waals surface area contributed by atoms with Gasteiger partial charge in [-0.05, 0) is 37.6 Å². The molecular formula is C14H23NO2. The molecule has 0 aromatic heterocycles. The second-order valence-electron chi connectivity index (χ2n) is 4.39. The maximum absolute atomic E-state index is 9.71. The molecule has 3 nitrogen and oxygen atoms in total. The SMILES string of the molecule is CCC(CC)N(C)Cc1ccc(OC)c(O)c1. The van der Waals surface area contributed by atoms with E-state index in [-0.39, 0.29) is 5.75 Å². The summed E-state index contributed by atoms with van der Waals surface area (Å²) in [6.45, 7) is 5.26. The van der Waals surface area contributed by atoms with Crippen LogP contribution in [0, 0.1) is 0 Å². The van der Waals surface area contributed by atoms with Crippen LogP contribution in [-0.2, 0) is 6.54 Å². The summed E-state index contributed by atoms with van der Waals surface area (Å²) < 4.78 is 5.03. The van der Waals surface area contributed by atoms with E-state index >= 15 is 0 Å². The first kappa shape index (κ1) is 13.8. The van der Waals surface area contributed by atoms with Crippen LogP contribution >= 0.6 is 0 Å². The smallest absolute Gasteiger partial charge is 0.160 e. The van der Waals surface area contributed by atoms with E-state index < -0.39 is 0 Å². The van der Waals surface area contributed by atoms with E-state index in [2.05, 4.69) is 25.8 Å². The molecule has 0 aliphatic rings. The molecule has 1 aromatic rings. The second-order valence-corrected chi connectivity index (χ2v) is 4.39. The number of hydrogen-bond acceptors (Lipinski definition) is 3. The summed E-state index contributed by atoms with van der Waals surface area (Å²) in [5.74, 6) is 0.738. The highest BCUT2D eigenvalue weighted by Crippen LogP contribution is 2.27. The fourth-order valence-corrected chi connectivity index (χ4v) is 2.16. The Kier molecular flexibility index (Phi) is 5.29. The third-order valence-corrected chi connectivity index (χ3v) is 3.24. The number of phenolic OH excluding ortho intramolecular Hbond substituents is 1. The first-order valence-electron chi connectivity index (χ1n) is 6.18. The Morgan fingerprint density at radius 1 is 1.29 bits per heavy atom. The number of methoxy groups -OCH3 is 1. The zero-order valence-electron chi connectivity index (χ0n) is 11.2. The topological polar surface area (TPSA) is 32.7 Å². The van der Waals surface area contributed by atoms with Gasteiger partial charge in [-0.1, -0.05) is 19.9 Å². The Hall–Kier alpha value is -1.22. The van der Waals surface area contributed by atoms with Crippen LogP contribution in [0.1, 0.15) is 32.3 Å². The Morgan fingerprint density at radius 3 is 2.41 bits per heavy atom. The number of rotatable bonds is 6. The molecular weight excluding hydrogens is 214 g/mol. The molecule has 0 amide bonds. The lowest BCUT2D eigenvalue weighted by Crippen LogP contribution is -2.29. The van der Waals surface area contributed by atoms with Crippen molar-refractivity contribution in [2.45, 2.75) is 39.3 Å². The molecule has 0 saturated heterocycles. The minimum absolute atomic E-state index is 0.211. The van der Waals surface area contributed by atoms with Crippen LogP contribution in [0.3, 0.4) is 0 Å². The Balaban J connectivity index is 2.71. The summed E-state index contributed by atoms with van der Waals surface area (Å²) in [5.41, 5.74) is 1.11. The van der Waals surface area contributed by atoms with E-state index in [9.17, 15) is 5.11 Å². The van der Waals surface area contributed by atoms with Gasteiger partial charge in [0.2, 0.25) is 0 Å². The van der Waals surface area contributed by atoms with Crippen molar-refractivity contribution < 1.29 is 9.84 Å². The maximum Gasteiger partial charge on any atom is 0.160 e. The van der Waals surface area contributed by atoms with Crippen LogP contribution < -0.4 is 4.74 Å². The maximum atomic E-state index is 9.71. The predicted molar refractivity (Wildman–Crippen MR) is 70.5 cm³/mol. The minimum Gasteiger partial charge on any atom is -0.504 e. The number of benzene rings is 1. The fraction of sp³-hybridized carbons (Fsp3) is 0.571. The van der Waals surface area contributed by atoms with Crippen molar-refractivity contribution in [1.29, 1.82) is 0 Å². The Morgan fingerprint density at radius 2 is 1.94 bits per heavy atom. The molecule has 0 fully saturated rings.